The van der Waals surface area contributed by atoms with E-state index in [0.29, 0.717) is 26.1 Å². The van der Waals surface area contributed by atoms with Gasteiger partial charge in [0.2, 0.25) is 5.91 Å². The summed E-state index contributed by atoms with van der Waals surface area (Å²) in [7, 11) is 0. The molecule has 0 saturated carbocycles. The molecule has 3 aromatic carbocycles. The quantitative estimate of drug-likeness (QED) is 0.340. The molecule has 1 heterocycles. The van der Waals surface area contributed by atoms with E-state index in [0.717, 1.165) is 18.7 Å². The summed E-state index contributed by atoms with van der Waals surface area (Å²) >= 11 is 0. The van der Waals surface area contributed by atoms with E-state index < -0.39 is 5.97 Å². The second-order valence-electron chi connectivity index (χ2n) is 10.1. The number of nitrogens with zero attached hydrogens (tertiary/aromatic N) is 3. The Bertz CT molecular complexity index is 1190. The van der Waals surface area contributed by atoms with Crippen molar-refractivity contribution in [3.05, 3.63) is 108 Å². The van der Waals surface area contributed by atoms with Gasteiger partial charge < -0.3 is 19.9 Å². The van der Waals surface area contributed by atoms with Gasteiger partial charge in [-0.15, -0.1) is 0 Å². The maximum absolute atomic E-state index is 13.2. The van der Waals surface area contributed by atoms with Crippen LogP contribution in [0.15, 0.2) is 91.0 Å². The summed E-state index contributed by atoms with van der Waals surface area (Å²) in [4.78, 5) is 43.9. The van der Waals surface area contributed by atoms with E-state index >= 15 is 0 Å². The van der Waals surface area contributed by atoms with E-state index in [4.69, 9.17) is 4.74 Å². The molecule has 0 radical (unpaired) electrons. The number of piperazine rings is 1. The van der Waals surface area contributed by atoms with Crippen molar-refractivity contribution in [2.24, 2.45) is 0 Å². The molecule has 0 unspecified atom stereocenters. The van der Waals surface area contributed by atoms with Gasteiger partial charge >= 0.3 is 12.0 Å². The number of esters is 1. The second kappa shape index (κ2) is 15.6. The fourth-order valence-corrected chi connectivity index (χ4v) is 5.20. The molecule has 4 rings (SSSR count). The average molecular weight is 557 g/mol. The third kappa shape index (κ3) is 8.91. The molecule has 0 atom stereocenters. The standard InChI is InChI=1S/C33H40N4O4/c1-2-41-31(39)26-34-33(40)37(20-18-27-12-6-3-7-13-27)21-19-30(38)35-22-24-36(25-23-35)32(28-14-8-4-9-15-28)29-16-10-5-11-17-29/h3-17,32H,2,18-26H2,1H3,(H,34,40). The number of ether oxygens (including phenoxy) is 1. The molecule has 0 aromatic heterocycles. The predicted octanol–water partition coefficient (Wildman–Crippen LogP) is 4.13. The number of nitrogens with one attached hydrogen (secondary N) is 1. The van der Waals surface area contributed by atoms with Gasteiger partial charge in [0.1, 0.15) is 6.54 Å². The van der Waals surface area contributed by atoms with E-state index in [1.165, 1.54) is 11.1 Å². The SMILES string of the molecule is CCOC(=O)CNC(=O)N(CCC(=O)N1CCN(C(c2ccccc2)c2ccccc2)CC1)CCc1ccccc1. The van der Waals surface area contributed by atoms with Gasteiger partial charge in [0.25, 0.3) is 0 Å². The van der Waals surface area contributed by atoms with E-state index in [2.05, 4.69) is 58.7 Å². The zero-order valence-electron chi connectivity index (χ0n) is 23.8. The minimum atomic E-state index is -0.484. The fraction of sp³-hybridized carbons (Fsp3) is 0.364. The number of hydrogen-bond donors (Lipinski definition) is 1. The van der Waals surface area contributed by atoms with Crippen molar-refractivity contribution in [1.29, 1.82) is 0 Å². The molecule has 8 nitrogen and oxygen atoms in total. The molecular weight excluding hydrogens is 516 g/mol. The van der Waals surface area contributed by atoms with Gasteiger partial charge in [-0.2, -0.15) is 0 Å². The number of benzene rings is 3. The first-order valence-electron chi connectivity index (χ1n) is 14.4. The van der Waals surface area contributed by atoms with E-state index in [9.17, 15) is 14.4 Å². The van der Waals surface area contributed by atoms with Gasteiger partial charge in [-0.1, -0.05) is 91.0 Å². The topological polar surface area (TPSA) is 82.2 Å². The number of hydrogen-bond acceptors (Lipinski definition) is 5. The van der Waals surface area contributed by atoms with Crippen LogP contribution in [0.4, 0.5) is 4.79 Å². The average Bonchev–Trinajstić information content (AvgIpc) is 3.02. The monoisotopic (exact) mass is 556 g/mol. The lowest BCUT2D eigenvalue weighted by atomic mass is 9.96. The Labute approximate surface area is 242 Å². The van der Waals surface area contributed by atoms with Crippen molar-refractivity contribution in [2.75, 3.05) is 52.4 Å². The predicted molar refractivity (Wildman–Crippen MR) is 159 cm³/mol. The number of carbonyl (C=O) groups excluding carboxylic acids is 3. The smallest absolute Gasteiger partial charge is 0.325 e. The zero-order chi connectivity index (χ0) is 28.9. The third-order valence-electron chi connectivity index (χ3n) is 7.35. The molecule has 41 heavy (non-hydrogen) atoms. The lowest BCUT2D eigenvalue weighted by Crippen LogP contribution is -2.51. The molecule has 3 aromatic rings. The molecule has 216 valence electrons. The highest BCUT2D eigenvalue weighted by molar-refractivity contribution is 5.82. The van der Waals surface area contributed by atoms with Crippen LogP contribution >= 0.6 is 0 Å². The van der Waals surface area contributed by atoms with Crippen molar-refractivity contribution in [2.45, 2.75) is 25.8 Å². The van der Waals surface area contributed by atoms with Crippen LogP contribution in [0.25, 0.3) is 0 Å². The minimum Gasteiger partial charge on any atom is -0.465 e. The zero-order valence-corrected chi connectivity index (χ0v) is 23.8. The Morgan fingerprint density at radius 3 is 1.93 bits per heavy atom. The lowest BCUT2D eigenvalue weighted by molar-refractivity contribution is -0.141. The summed E-state index contributed by atoms with van der Waals surface area (Å²) in [6.07, 6.45) is 0.878. The van der Waals surface area contributed by atoms with Crippen LogP contribution in [-0.4, -0.2) is 85.0 Å². The molecule has 1 N–H and O–H groups in total. The summed E-state index contributed by atoms with van der Waals surface area (Å²) in [5.74, 6) is -0.453. The van der Waals surface area contributed by atoms with Crippen LogP contribution < -0.4 is 5.32 Å². The summed E-state index contributed by atoms with van der Waals surface area (Å²) in [5.41, 5.74) is 3.58. The molecule has 8 heteroatoms. The van der Waals surface area contributed by atoms with Crippen LogP contribution in [0.5, 0.6) is 0 Å². The highest BCUT2D eigenvalue weighted by atomic mass is 16.5. The lowest BCUT2D eigenvalue weighted by Gasteiger charge is -2.40. The van der Waals surface area contributed by atoms with Crippen LogP contribution in [0.1, 0.15) is 36.1 Å². The van der Waals surface area contributed by atoms with E-state index in [1.807, 2.05) is 47.4 Å². The van der Waals surface area contributed by atoms with Gasteiger partial charge in [-0.3, -0.25) is 14.5 Å². The first-order chi connectivity index (χ1) is 20.0. The number of urea groups is 1. The van der Waals surface area contributed by atoms with Gasteiger partial charge in [-0.25, -0.2) is 4.79 Å². The van der Waals surface area contributed by atoms with Crippen LogP contribution in [0.2, 0.25) is 0 Å². The van der Waals surface area contributed by atoms with Gasteiger partial charge in [0.05, 0.1) is 12.6 Å². The van der Waals surface area contributed by atoms with Gasteiger partial charge in [0.15, 0.2) is 0 Å². The number of amides is 3. The van der Waals surface area contributed by atoms with Gasteiger partial charge in [0, 0.05) is 45.7 Å². The molecule has 0 bridgehead atoms. The normalized spacial score (nSPS) is 13.6. The number of carbonyl (C=O) groups is 3. The summed E-state index contributed by atoms with van der Waals surface area (Å²) in [6, 6.07) is 30.6. The van der Waals surface area contributed by atoms with Crippen molar-refractivity contribution in [1.82, 2.24) is 20.0 Å². The Hall–Kier alpha value is -4.17. The summed E-state index contributed by atoms with van der Waals surface area (Å²) < 4.78 is 4.92. The van der Waals surface area contributed by atoms with Gasteiger partial charge in [-0.05, 0) is 30.0 Å². The first-order valence-corrected chi connectivity index (χ1v) is 14.4. The van der Waals surface area contributed by atoms with Crippen molar-refractivity contribution in [3.8, 4) is 0 Å². The molecular formula is C33H40N4O4. The van der Waals surface area contributed by atoms with Crippen LogP contribution in [0.3, 0.4) is 0 Å². The second-order valence-corrected chi connectivity index (χ2v) is 10.1. The van der Waals surface area contributed by atoms with E-state index in [-0.39, 0.29) is 44.1 Å². The molecule has 1 saturated heterocycles. The molecule has 1 aliphatic rings. The summed E-state index contributed by atoms with van der Waals surface area (Å²) in [5, 5.41) is 2.64. The van der Waals surface area contributed by atoms with Crippen molar-refractivity contribution >= 4 is 17.9 Å². The van der Waals surface area contributed by atoms with Crippen molar-refractivity contribution < 1.29 is 19.1 Å². The van der Waals surface area contributed by atoms with Crippen LogP contribution in [-0.2, 0) is 20.7 Å². The molecule has 1 fully saturated rings. The van der Waals surface area contributed by atoms with E-state index in [1.54, 1.807) is 11.8 Å². The Balaban J connectivity index is 1.33. The molecule has 0 aliphatic carbocycles. The highest BCUT2D eigenvalue weighted by Crippen LogP contribution is 2.29. The minimum absolute atomic E-state index is 0.0310. The molecule has 1 aliphatic heterocycles. The Morgan fingerprint density at radius 2 is 1.37 bits per heavy atom. The first kappa shape index (κ1) is 29.8. The Kier molecular flexibility index (Phi) is 11.3. The largest absolute Gasteiger partial charge is 0.465 e. The van der Waals surface area contributed by atoms with Crippen molar-refractivity contribution in [3.63, 3.8) is 0 Å². The maximum Gasteiger partial charge on any atom is 0.325 e. The molecule has 0 spiro atoms. The Morgan fingerprint density at radius 1 is 0.805 bits per heavy atom. The fourth-order valence-electron chi connectivity index (χ4n) is 5.20. The van der Waals surface area contributed by atoms with Crippen LogP contribution in [0, 0.1) is 0 Å². The molecule has 3 amide bonds. The summed E-state index contributed by atoms with van der Waals surface area (Å²) in [6.45, 7) is 5.28. The highest BCUT2D eigenvalue weighted by Gasteiger charge is 2.28. The third-order valence-corrected chi connectivity index (χ3v) is 7.35. The number of rotatable bonds is 12. The maximum atomic E-state index is 13.2.